The summed E-state index contributed by atoms with van der Waals surface area (Å²) in [4.78, 5) is 10.4. The molecule has 1 aliphatic rings. The van der Waals surface area contributed by atoms with Gasteiger partial charge >= 0.3 is 5.97 Å². The number of hydrogen-bond acceptors (Lipinski definition) is 5. The van der Waals surface area contributed by atoms with Gasteiger partial charge in [-0.3, -0.25) is 9.52 Å². The molecule has 1 aromatic rings. The molecule has 0 aromatic heterocycles. The molecule has 0 bridgehead atoms. The van der Waals surface area contributed by atoms with Gasteiger partial charge in [0.2, 0.25) is 20.0 Å². The van der Waals surface area contributed by atoms with Gasteiger partial charge in [0.15, 0.2) is 0 Å². The molecule has 1 fully saturated rings. The number of hydrogen-bond donors (Lipinski definition) is 2. The summed E-state index contributed by atoms with van der Waals surface area (Å²) in [6, 6.07) is 1.52. The highest BCUT2D eigenvalue weighted by atomic mass is 32.2. The first-order valence-electron chi connectivity index (χ1n) is 6.54. The Hall–Kier alpha value is -1.72. The van der Waals surface area contributed by atoms with E-state index in [-0.39, 0.29) is 18.7 Å². The highest BCUT2D eigenvalue weighted by molar-refractivity contribution is 7.92. The number of carboxylic acids is 1. The van der Waals surface area contributed by atoms with Crippen LogP contribution >= 0.6 is 0 Å². The maximum absolute atomic E-state index is 14.1. The van der Waals surface area contributed by atoms with Crippen LogP contribution in [0.1, 0.15) is 12.8 Å². The van der Waals surface area contributed by atoms with Crippen molar-refractivity contribution < 1.29 is 31.1 Å². The number of rotatable bonds is 5. The first-order valence-corrected chi connectivity index (χ1v) is 9.87. The Morgan fingerprint density at radius 3 is 2.52 bits per heavy atom. The Morgan fingerprint density at radius 1 is 1.35 bits per heavy atom. The van der Waals surface area contributed by atoms with Crippen molar-refractivity contribution in [3.8, 4) is 0 Å². The second-order valence-electron chi connectivity index (χ2n) is 5.13. The van der Waals surface area contributed by atoms with Crippen molar-refractivity contribution in [2.45, 2.75) is 23.8 Å². The van der Waals surface area contributed by atoms with E-state index in [0.717, 1.165) is 28.8 Å². The quantitative estimate of drug-likeness (QED) is 0.780. The second-order valence-corrected chi connectivity index (χ2v) is 8.74. The van der Waals surface area contributed by atoms with E-state index in [0.29, 0.717) is 6.42 Å². The number of carbonyl (C=O) groups is 1. The van der Waals surface area contributed by atoms with Gasteiger partial charge in [-0.25, -0.2) is 21.2 Å². The molecule has 11 heteroatoms. The lowest BCUT2D eigenvalue weighted by Gasteiger charge is -2.21. The van der Waals surface area contributed by atoms with Crippen LogP contribution in [-0.2, 0) is 24.8 Å². The van der Waals surface area contributed by atoms with Crippen molar-refractivity contribution in [3.63, 3.8) is 0 Å². The standard InChI is InChI=1S/C12H15FN2O6S2/c1-22(18,19)14-8-4-5-11(9(13)7-8)23(20,21)15-6-2-3-10(15)12(16)17/h4-5,7,10,14H,2-3,6H2,1H3,(H,16,17). The van der Waals surface area contributed by atoms with Crippen LogP contribution in [0.2, 0.25) is 0 Å². The molecule has 0 spiro atoms. The number of halogens is 1. The first-order chi connectivity index (χ1) is 10.5. The Labute approximate surface area is 133 Å². The molecule has 2 rings (SSSR count). The van der Waals surface area contributed by atoms with E-state index in [4.69, 9.17) is 5.11 Å². The highest BCUT2D eigenvalue weighted by Crippen LogP contribution is 2.29. The molecule has 23 heavy (non-hydrogen) atoms. The van der Waals surface area contributed by atoms with E-state index >= 15 is 0 Å². The summed E-state index contributed by atoms with van der Waals surface area (Å²) in [5.41, 5.74) is -0.125. The van der Waals surface area contributed by atoms with Gasteiger partial charge in [0.25, 0.3) is 0 Å². The predicted molar refractivity (Wildman–Crippen MR) is 79.4 cm³/mol. The number of anilines is 1. The molecule has 0 saturated carbocycles. The van der Waals surface area contributed by atoms with E-state index in [1.807, 2.05) is 4.72 Å². The van der Waals surface area contributed by atoms with Crippen molar-refractivity contribution >= 4 is 31.7 Å². The van der Waals surface area contributed by atoms with Gasteiger partial charge in [-0.1, -0.05) is 0 Å². The summed E-state index contributed by atoms with van der Waals surface area (Å²) in [5, 5.41) is 9.06. The van der Waals surface area contributed by atoms with E-state index in [1.165, 1.54) is 0 Å². The van der Waals surface area contributed by atoms with E-state index < -0.39 is 42.8 Å². The second kappa shape index (κ2) is 6.06. The molecule has 2 N–H and O–H groups in total. The van der Waals surface area contributed by atoms with Crippen LogP contribution in [0, 0.1) is 5.82 Å². The molecule has 0 aliphatic carbocycles. The van der Waals surface area contributed by atoms with Gasteiger partial charge < -0.3 is 5.11 Å². The topological polar surface area (TPSA) is 121 Å². The van der Waals surface area contributed by atoms with Crippen LogP contribution in [0.5, 0.6) is 0 Å². The average Bonchev–Trinajstić information content (AvgIpc) is 2.86. The van der Waals surface area contributed by atoms with E-state index in [1.54, 1.807) is 0 Å². The molecule has 128 valence electrons. The lowest BCUT2D eigenvalue weighted by atomic mass is 10.2. The third-order valence-electron chi connectivity index (χ3n) is 3.31. The van der Waals surface area contributed by atoms with Crippen LogP contribution in [0.4, 0.5) is 10.1 Å². The molecular weight excluding hydrogens is 351 g/mol. The molecule has 0 amide bonds. The lowest BCUT2D eigenvalue weighted by Crippen LogP contribution is -2.40. The molecule has 8 nitrogen and oxygen atoms in total. The Morgan fingerprint density at radius 2 is 2.00 bits per heavy atom. The summed E-state index contributed by atoms with van der Waals surface area (Å²) < 4.78 is 64.0. The maximum atomic E-state index is 14.1. The minimum absolute atomic E-state index is 0.0118. The van der Waals surface area contributed by atoms with Crippen molar-refractivity contribution in [1.29, 1.82) is 0 Å². The fraction of sp³-hybridized carbons (Fsp3) is 0.417. The van der Waals surface area contributed by atoms with Crippen molar-refractivity contribution in [3.05, 3.63) is 24.0 Å². The van der Waals surface area contributed by atoms with Gasteiger partial charge in [0.05, 0.1) is 11.9 Å². The average molecular weight is 366 g/mol. The fourth-order valence-electron chi connectivity index (χ4n) is 2.39. The highest BCUT2D eigenvalue weighted by Gasteiger charge is 2.40. The third-order valence-corrected chi connectivity index (χ3v) is 5.86. The fourth-order valence-corrected chi connectivity index (χ4v) is 4.64. The smallest absolute Gasteiger partial charge is 0.322 e. The summed E-state index contributed by atoms with van der Waals surface area (Å²) >= 11 is 0. The summed E-state index contributed by atoms with van der Waals surface area (Å²) in [5.74, 6) is -2.45. The Bertz CT molecular complexity index is 837. The zero-order valence-electron chi connectivity index (χ0n) is 12.1. The Balaban J connectivity index is 2.39. The van der Waals surface area contributed by atoms with Crippen molar-refractivity contribution in [2.75, 3.05) is 17.5 Å². The molecule has 1 saturated heterocycles. The van der Waals surface area contributed by atoms with Crippen LogP contribution < -0.4 is 4.72 Å². The molecule has 1 aliphatic heterocycles. The van der Waals surface area contributed by atoms with Gasteiger partial charge in [-0.05, 0) is 31.0 Å². The monoisotopic (exact) mass is 366 g/mol. The largest absolute Gasteiger partial charge is 0.480 e. The zero-order chi connectivity index (χ0) is 17.4. The maximum Gasteiger partial charge on any atom is 0.322 e. The zero-order valence-corrected chi connectivity index (χ0v) is 13.7. The molecular formula is C12H15FN2O6S2. The van der Waals surface area contributed by atoms with Crippen LogP contribution in [0.3, 0.4) is 0 Å². The molecule has 1 heterocycles. The number of sulfonamides is 2. The number of carboxylic acid groups (broad SMARTS) is 1. The Kier molecular flexibility index (Phi) is 4.64. The molecule has 1 unspecified atom stereocenters. The number of aliphatic carboxylic acids is 1. The van der Waals surface area contributed by atoms with Crippen LogP contribution in [0.15, 0.2) is 23.1 Å². The van der Waals surface area contributed by atoms with Crippen LogP contribution in [0.25, 0.3) is 0 Å². The summed E-state index contributed by atoms with van der Waals surface area (Å²) in [6.07, 6.45) is 1.40. The number of nitrogens with zero attached hydrogens (tertiary/aromatic N) is 1. The van der Waals surface area contributed by atoms with Crippen LogP contribution in [-0.4, -0.2) is 51.1 Å². The summed E-state index contributed by atoms with van der Waals surface area (Å²) in [7, 11) is -7.96. The minimum atomic E-state index is -4.32. The summed E-state index contributed by atoms with van der Waals surface area (Å²) in [6.45, 7) is -0.0118. The first kappa shape index (κ1) is 17.6. The molecule has 1 atom stereocenters. The normalized spacial score (nSPS) is 19.7. The van der Waals surface area contributed by atoms with Gasteiger partial charge in [0, 0.05) is 6.54 Å². The van der Waals surface area contributed by atoms with Crippen molar-refractivity contribution in [2.24, 2.45) is 0 Å². The van der Waals surface area contributed by atoms with Gasteiger partial charge in [-0.2, -0.15) is 4.31 Å². The minimum Gasteiger partial charge on any atom is -0.480 e. The SMILES string of the molecule is CS(=O)(=O)Nc1ccc(S(=O)(=O)N2CCCC2C(=O)O)c(F)c1. The number of benzene rings is 1. The lowest BCUT2D eigenvalue weighted by molar-refractivity contribution is -0.140. The molecule has 1 aromatic carbocycles. The van der Waals surface area contributed by atoms with E-state index in [2.05, 4.69) is 0 Å². The van der Waals surface area contributed by atoms with Gasteiger partial charge in [-0.15, -0.1) is 0 Å². The predicted octanol–water partition coefficient (Wildman–Crippen LogP) is 0.435. The number of nitrogens with one attached hydrogen (secondary N) is 1. The molecule has 0 radical (unpaired) electrons. The third kappa shape index (κ3) is 3.79. The van der Waals surface area contributed by atoms with Gasteiger partial charge in [0.1, 0.15) is 16.8 Å². The van der Waals surface area contributed by atoms with Crippen molar-refractivity contribution in [1.82, 2.24) is 4.31 Å². The van der Waals surface area contributed by atoms with E-state index in [9.17, 15) is 26.0 Å².